The van der Waals surface area contributed by atoms with E-state index in [1.54, 1.807) is 6.07 Å². The van der Waals surface area contributed by atoms with Crippen molar-refractivity contribution >= 4 is 39.1 Å². The lowest BCUT2D eigenvalue weighted by atomic mass is 10.2. The van der Waals surface area contributed by atoms with Crippen LogP contribution in [0.5, 0.6) is 0 Å². The van der Waals surface area contributed by atoms with Crippen LogP contribution in [-0.4, -0.2) is 34.7 Å². The molecule has 17 heavy (non-hydrogen) atoms. The van der Waals surface area contributed by atoms with Crippen LogP contribution in [0, 0.1) is 6.92 Å². The topological polar surface area (TPSA) is 86.6 Å². The molecule has 0 aliphatic rings. The van der Waals surface area contributed by atoms with Crippen LogP contribution in [-0.2, 0) is 4.79 Å². The Hall–Kier alpha value is -0.920. The average molecular weight is 322 g/mol. The van der Waals surface area contributed by atoms with Gasteiger partial charge in [-0.05, 0) is 34.5 Å². The number of hydrogen-bond acceptors (Lipinski definition) is 4. The molecule has 0 saturated carbocycles. The third-order valence-corrected chi connectivity index (χ3v) is 4.20. The number of nitrogens with one attached hydrogen (secondary N) is 1. The molecule has 0 aliphatic carbocycles. The van der Waals surface area contributed by atoms with E-state index >= 15 is 0 Å². The van der Waals surface area contributed by atoms with Crippen molar-refractivity contribution in [2.45, 2.75) is 19.4 Å². The van der Waals surface area contributed by atoms with Crippen LogP contribution >= 0.6 is 27.3 Å². The molecule has 0 saturated heterocycles. The lowest BCUT2D eigenvalue weighted by Crippen LogP contribution is -2.29. The summed E-state index contributed by atoms with van der Waals surface area (Å²) in [6.45, 7) is 2.01. The maximum Gasteiger partial charge on any atom is 0.332 e. The van der Waals surface area contributed by atoms with Gasteiger partial charge < -0.3 is 15.5 Å². The fourth-order valence-electron chi connectivity index (χ4n) is 1.10. The Morgan fingerprint density at radius 2 is 2.24 bits per heavy atom. The highest BCUT2D eigenvalue weighted by atomic mass is 79.9. The van der Waals surface area contributed by atoms with Gasteiger partial charge in [0, 0.05) is 13.0 Å². The quantitative estimate of drug-likeness (QED) is 0.764. The Morgan fingerprint density at radius 1 is 1.59 bits per heavy atom. The molecular weight excluding hydrogens is 310 g/mol. The Balaban J connectivity index is 2.43. The van der Waals surface area contributed by atoms with Crippen LogP contribution in [0.15, 0.2) is 9.85 Å². The molecule has 0 spiro atoms. The minimum absolute atomic E-state index is 0.00734. The van der Waals surface area contributed by atoms with Gasteiger partial charge in [0.1, 0.15) is 0 Å². The van der Waals surface area contributed by atoms with Crippen molar-refractivity contribution in [2.75, 3.05) is 6.54 Å². The number of aliphatic hydroxyl groups excluding tert-OH is 1. The molecule has 5 nitrogen and oxygen atoms in total. The fourth-order valence-corrected chi connectivity index (χ4v) is 2.56. The molecule has 1 atom stereocenters. The van der Waals surface area contributed by atoms with Gasteiger partial charge in [0.25, 0.3) is 5.91 Å². The molecule has 0 aliphatic heterocycles. The molecule has 0 fully saturated rings. The van der Waals surface area contributed by atoms with Crippen molar-refractivity contribution in [3.63, 3.8) is 0 Å². The first kappa shape index (κ1) is 14.1. The lowest BCUT2D eigenvalue weighted by Gasteiger charge is -2.06. The minimum atomic E-state index is -1.44. The normalized spacial score (nSPS) is 12.2. The second-order valence-corrected chi connectivity index (χ2v) is 5.84. The Bertz CT molecular complexity index is 412. The van der Waals surface area contributed by atoms with Crippen molar-refractivity contribution < 1.29 is 19.8 Å². The van der Waals surface area contributed by atoms with E-state index in [0.29, 0.717) is 4.88 Å². The zero-order valence-electron chi connectivity index (χ0n) is 9.07. The summed E-state index contributed by atoms with van der Waals surface area (Å²) < 4.78 is 0.897. The zero-order valence-corrected chi connectivity index (χ0v) is 11.5. The summed E-state index contributed by atoms with van der Waals surface area (Å²) in [7, 11) is 0. The van der Waals surface area contributed by atoms with E-state index in [2.05, 4.69) is 21.2 Å². The number of carboxylic acid groups (broad SMARTS) is 1. The largest absolute Gasteiger partial charge is 0.479 e. The summed E-state index contributed by atoms with van der Waals surface area (Å²) in [5.41, 5.74) is 0.978. The van der Waals surface area contributed by atoms with Gasteiger partial charge in [0.05, 0.1) is 8.66 Å². The van der Waals surface area contributed by atoms with Crippen LogP contribution < -0.4 is 5.32 Å². The van der Waals surface area contributed by atoms with E-state index in [-0.39, 0.29) is 18.9 Å². The number of carboxylic acids is 1. The summed E-state index contributed by atoms with van der Waals surface area (Å²) in [4.78, 5) is 22.5. The van der Waals surface area contributed by atoms with Crippen LogP contribution in [0.25, 0.3) is 0 Å². The second kappa shape index (κ2) is 6.13. The van der Waals surface area contributed by atoms with Crippen LogP contribution in [0.2, 0.25) is 0 Å². The van der Waals surface area contributed by atoms with Crippen molar-refractivity contribution in [1.29, 1.82) is 0 Å². The van der Waals surface area contributed by atoms with E-state index in [9.17, 15) is 9.59 Å². The summed E-state index contributed by atoms with van der Waals surface area (Å²) in [5, 5.41) is 20.0. The highest BCUT2D eigenvalue weighted by molar-refractivity contribution is 9.11. The van der Waals surface area contributed by atoms with Crippen LogP contribution in [0.4, 0.5) is 0 Å². The molecule has 1 aromatic heterocycles. The molecule has 7 heteroatoms. The highest BCUT2D eigenvalue weighted by Crippen LogP contribution is 2.27. The minimum Gasteiger partial charge on any atom is -0.479 e. The van der Waals surface area contributed by atoms with Crippen molar-refractivity contribution in [2.24, 2.45) is 0 Å². The molecular formula is C10H12BrNO4S. The van der Waals surface area contributed by atoms with E-state index < -0.39 is 12.1 Å². The van der Waals surface area contributed by atoms with Gasteiger partial charge in [-0.15, -0.1) is 11.3 Å². The summed E-state index contributed by atoms with van der Waals surface area (Å²) in [6.07, 6.45) is -1.45. The number of hydrogen-bond donors (Lipinski definition) is 3. The van der Waals surface area contributed by atoms with Gasteiger partial charge in [0.2, 0.25) is 0 Å². The molecule has 1 aromatic rings. The van der Waals surface area contributed by atoms with E-state index in [1.165, 1.54) is 11.3 Å². The van der Waals surface area contributed by atoms with Crippen LogP contribution in [0.1, 0.15) is 21.7 Å². The Morgan fingerprint density at radius 3 is 2.71 bits per heavy atom. The molecule has 1 amide bonds. The summed E-state index contributed by atoms with van der Waals surface area (Å²) in [5.74, 6) is -1.55. The van der Waals surface area contributed by atoms with Gasteiger partial charge >= 0.3 is 5.97 Å². The molecule has 1 rings (SSSR count). The number of aliphatic hydroxyl groups is 1. The lowest BCUT2D eigenvalue weighted by molar-refractivity contribution is -0.146. The molecule has 94 valence electrons. The zero-order chi connectivity index (χ0) is 13.0. The molecule has 0 unspecified atom stereocenters. The van der Waals surface area contributed by atoms with Gasteiger partial charge in [-0.25, -0.2) is 4.79 Å². The number of halogens is 1. The van der Waals surface area contributed by atoms with E-state index in [0.717, 1.165) is 9.35 Å². The van der Waals surface area contributed by atoms with Crippen molar-refractivity contribution in [3.8, 4) is 0 Å². The average Bonchev–Trinajstić information content (AvgIpc) is 2.59. The van der Waals surface area contributed by atoms with Gasteiger partial charge in [-0.2, -0.15) is 0 Å². The first-order valence-electron chi connectivity index (χ1n) is 4.87. The molecule has 1 heterocycles. The summed E-state index contributed by atoms with van der Waals surface area (Å²) in [6, 6.07) is 1.75. The third-order valence-electron chi connectivity index (χ3n) is 2.07. The maximum absolute atomic E-state index is 11.6. The SMILES string of the molecule is Cc1cc(C(=O)NCC[C@H](O)C(=O)O)sc1Br. The number of thiophene rings is 1. The maximum atomic E-state index is 11.6. The third kappa shape index (κ3) is 4.10. The molecule has 3 N–H and O–H groups in total. The van der Waals surface area contributed by atoms with Crippen molar-refractivity contribution in [3.05, 3.63) is 20.3 Å². The predicted octanol–water partition coefficient (Wildman–Crippen LogP) is 1.38. The smallest absolute Gasteiger partial charge is 0.332 e. The summed E-state index contributed by atoms with van der Waals surface area (Å²) >= 11 is 4.63. The molecule has 0 radical (unpaired) electrons. The number of rotatable bonds is 5. The first-order valence-corrected chi connectivity index (χ1v) is 6.47. The number of aliphatic carboxylic acids is 1. The van der Waals surface area contributed by atoms with E-state index in [1.807, 2.05) is 6.92 Å². The van der Waals surface area contributed by atoms with Crippen LogP contribution in [0.3, 0.4) is 0 Å². The Labute approximate surface area is 111 Å². The number of carbonyl (C=O) groups is 2. The monoisotopic (exact) mass is 321 g/mol. The van der Waals surface area contributed by atoms with Gasteiger partial charge in [-0.3, -0.25) is 4.79 Å². The van der Waals surface area contributed by atoms with Gasteiger partial charge in [-0.1, -0.05) is 0 Å². The van der Waals surface area contributed by atoms with Crippen molar-refractivity contribution in [1.82, 2.24) is 5.32 Å². The first-order chi connectivity index (χ1) is 7.91. The highest BCUT2D eigenvalue weighted by Gasteiger charge is 2.14. The Kier molecular flexibility index (Phi) is 5.10. The standard InChI is InChI=1S/C10H12BrNO4S/c1-5-4-7(17-8(5)11)9(14)12-3-2-6(13)10(15)16/h4,6,13H,2-3H2,1H3,(H,12,14)(H,15,16)/t6-/m0/s1. The number of amides is 1. The number of aryl methyl sites for hydroxylation is 1. The van der Waals surface area contributed by atoms with Gasteiger partial charge in [0.15, 0.2) is 6.10 Å². The second-order valence-electron chi connectivity index (χ2n) is 3.47. The number of carbonyl (C=O) groups excluding carboxylic acids is 1. The molecule has 0 aromatic carbocycles. The fraction of sp³-hybridized carbons (Fsp3) is 0.400. The van der Waals surface area contributed by atoms with E-state index in [4.69, 9.17) is 10.2 Å². The molecule has 0 bridgehead atoms. The predicted molar refractivity (Wildman–Crippen MR) is 67.3 cm³/mol.